The number of carboxylic acid groups (broad SMARTS) is 1. The molecule has 1 fully saturated rings. The normalized spacial score (nSPS) is 17.8. The van der Waals surface area contributed by atoms with Crippen LogP contribution < -0.4 is 10.6 Å². The summed E-state index contributed by atoms with van der Waals surface area (Å²) >= 11 is 11.8. The van der Waals surface area contributed by atoms with Crippen LogP contribution in [0.5, 0.6) is 0 Å². The van der Waals surface area contributed by atoms with Gasteiger partial charge in [-0.1, -0.05) is 37.0 Å². The molecule has 0 spiro atoms. The van der Waals surface area contributed by atoms with Crippen molar-refractivity contribution in [1.82, 2.24) is 10.6 Å². The van der Waals surface area contributed by atoms with E-state index in [0.29, 0.717) is 11.4 Å². The number of aliphatic carboxylic acids is 1. The third-order valence-electron chi connectivity index (χ3n) is 4.27. The van der Waals surface area contributed by atoms with Gasteiger partial charge in [-0.05, 0) is 30.5 Å². The summed E-state index contributed by atoms with van der Waals surface area (Å²) in [4.78, 5) is 47.4. The molecule has 1 aromatic carbocycles. The Labute approximate surface area is 188 Å². The van der Waals surface area contributed by atoms with E-state index < -0.39 is 55.6 Å². The summed E-state index contributed by atoms with van der Waals surface area (Å²) < 4.78 is 10.3. The van der Waals surface area contributed by atoms with Gasteiger partial charge in [-0.25, -0.2) is 4.79 Å². The molecule has 3 atom stereocenters. The number of hydrogen-bond donors (Lipinski definition) is 4. The second kappa shape index (κ2) is 10.8. The Morgan fingerprint density at radius 1 is 1.26 bits per heavy atom. The number of aliphatic hydroxyl groups excluding tert-OH is 1. The molecule has 0 saturated carbocycles. The Hall–Kier alpha value is -2.34. The second-order valence-corrected chi connectivity index (χ2v) is 8.10. The Bertz CT molecular complexity index is 869. The maximum absolute atomic E-state index is 12.4. The largest absolute Gasteiger partial charge is 0.552 e. The molecule has 2 rings (SSSR count). The molecule has 10 nitrogen and oxygen atoms in total. The van der Waals surface area contributed by atoms with Crippen molar-refractivity contribution in [3.05, 3.63) is 33.8 Å². The van der Waals surface area contributed by atoms with Crippen molar-refractivity contribution in [2.24, 2.45) is 5.92 Å². The minimum Gasteiger partial charge on any atom is -0.506 e. The lowest BCUT2D eigenvalue weighted by Gasteiger charge is -2.21. The molecule has 0 aliphatic carbocycles. The van der Waals surface area contributed by atoms with Gasteiger partial charge in [0, 0.05) is 5.02 Å². The zero-order valence-corrected chi connectivity index (χ0v) is 18.1. The highest BCUT2D eigenvalue weighted by Gasteiger charge is 2.50. The Morgan fingerprint density at radius 2 is 1.94 bits per heavy atom. The van der Waals surface area contributed by atoms with E-state index in [-0.39, 0.29) is 16.5 Å². The van der Waals surface area contributed by atoms with Crippen LogP contribution in [0, 0.1) is 5.92 Å². The van der Waals surface area contributed by atoms with Crippen LogP contribution in [0.25, 0.3) is 0 Å². The molecule has 0 radical (unpaired) electrons. The van der Waals surface area contributed by atoms with Crippen LogP contribution in [-0.4, -0.2) is 65.8 Å². The van der Waals surface area contributed by atoms with Gasteiger partial charge in [-0.2, -0.15) is 0 Å². The third kappa shape index (κ3) is 6.83. The fourth-order valence-corrected chi connectivity index (χ4v) is 3.23. The van der Waals surface area contributed by atoms with E-state index >= 15 is 0 Å². The fourth-order valence-electron chi connectivity index (χ4n) is 2.85. The van der Waals surface area contributed by atoms with Gasteiger partial charge < -0.3 is 30.2 Å². The van der Waals surface area contributed by atoms with Crippen LogP contribution in [0.15, 0.2) is 18.2 Å². The van der Waals surface area contributed by atoms with Gasteiger partial charge in [0.2, 0.25) is 5.91 Å². The highest BCUT2D eigenvalue weighted by Crippen LogP contribution is 2.21. The summed E-state index contributed by atoms with van der Waals surface area (Å²) in [7, 11) is -1.30. The number of rotatable bonds is 9. The summed E-state index contributed by atoms with van der Waals surface area (Å²) in [6, 6.07) is 4.32. The number of halogens is 2. The lowest BCUT2D eigenvalue weighted by Crippen LogP contribution is -2.51. The van der Waals surface area contributed by atoms with Crippen LogP contribution in [-0.2, 0) is 23.7 Å². The molecule has 1 heterocycles. The average Bonchev–Trinajstić information content (AvgIpc) is 3.08. The van der Waals surface area contributed by atoms with Gasteiger partial charge in [0.05, 0.1) is 23.1 Å². The van der Waals surface area contributed by atoms with E-state index in [0.717, 1.165) is 0 Å². The minimum atomic E-state index is -2.10. The van der Waals surface area contributed by atoms with E-state index in [1.807, 2.05) is 13.8 Å². The molecule has 1 saturated heterocycles. The van der Waals surface area contributed by atoms with Gasteiger partial charge in [0.1, 0.15) is 0 Å². The van der Waals surface area contributed by atoms with Crippen molar-refractivity contribution in [2.75, 3.05) is 6.54 Å². The predicted octanol–water partition coefficient (Wildman–Crippen LogP) is 0.669. The first-order valence-electron chi connectivity index (χ1n) is 9.29. The monoisotopic (exact) mass is 474 g/mol. The van der Waals surface area contributed by atoms with Crippen molar-refractivity contribution in [3.63, 3.8) is 0 Å². The third-order valence-corrected chi connectivity index (χ3v) is 4.83. The molecule has 168 valence electrons. The molecule has 0 bridgehead atoms. The Kier molecular flexibility index (Phi) is 8.69. The van der Waals surface area contributed by atoms with Crippen molar-refractivity contribution in [3.8, 4) is 0 Å². The summed E-state index contributed by atoms with van der Waals surface area (Å²) in [5.74, 6) is -4.72. The van der Waals surface area contributed by atoms with E-state index in [4.69, 9.17) is 37.6 Å². The smallest absolute Gasteiger partial charge is 0.506 e. The van der Waals surface area contributed by atoms with Gasteiger partial charge in [0.25, 0.3) is 5.91 Å². The highest BCUT2D eigenvalue weighted by atomic mass is 35.5. The van der Waals surface area contributed by atoms with Crippen LogP contribution >= 0.6 is 23.2 Å². The SMILES string of the molecule is CC(C)C[C@H](NC(=O)CNC(=O)c1cc(Cl)ccc1Cl)B1OC(=O)[C@@H]([C@@H](O)C(=O)O)O1. The molecule has 1 aromatic rings. The molecular weight excluding hydrogens is 454 g/mol. The molecule has 4 N–H and O–H groups in total. The zero-order valence-electron chi connectivity index (χ0n) is 16.6. The fraction of sp³-hybridized carbons (Fsp3) is 0.444. The lowest BCUT2D eigenvalue weighted by molar-refractivity contribution is -0.157. The number of nitrogens with one attached hydrogen (secondary N) is 2. The minimum absolute atomic E-state index is 0.0379. The summed E-state index contributed by atoms with van der Waals surface area (Å²) in [6.07, 6.45) is -3.50. The van der Waals surface area contributed by atoms with Gasteiger partial charge in [0.15, 0.2) is 12.2 Å². The van der Waals surface area contributed by atoms with Gasteiger partial charge >= 0.3 is 19.1 Å². The quantitative estimate of drug-likeness (QED) is 0.381. The summed E-state index contributed by atoms with van der Waals surface area (Å²) in [6.45, 7) is 3.28. The number of carbonyl (C=O) groups is 4. The first-order valence-corrected chi connectivity index (χ1v) is 10.0. The van der Waals surface area contributed by atoms with E-state index in [1.54, 1.807) is 0 Å². The van der Waals surface area contributed by atoms with Crippen molar-refractivity contribution < 1.29 is 38.7 Å². The number of aliphatic hydroxyl groups is 1. The molecule has 31 heavy (non-hydrogen) atoms. The maximum atomic E-state index is 12.4. The van der Waals surface area contributed by atoms with Crippen LogP contribution in [0.1, 0.15) is 30.6 Å². The lowest BCUT2D eigenvalue weighted by atomic mass is 9.74. The molecule has 1 aliphatic heterocycles. The first kappa shape index (κ1) is 24.9. The zero-order chi connectivity index (χ0) is 23.3. The predicted molar refractivity (Wildman–Crippen MR) is 111 cm³/mol. The van der Waals surface area contributed by atoms with Crippen LogP contribution in [0.4, 0.5) is 0 Å². The van der Waals surface area contributed by atoms with E-state index in [1.165, 1.54) is 18.2 Å². The Balaban J connectivity index is 2.00. The molecule has 2 amide bonds. The number of hydrogen-bond acceptors (Lipinski definition) is 7. The topological polar surface area (TPSA) is 151 Å². The summed E-state index contributed by atoms with van der Waals surface area (Å²) in [5.41, 5.74) is 0.0965. The highest BCUT2D eigenvalue weighted by molar-refractivity contribution is 6.51. The van der Waals surface area contributed by atoms with Gasteiger partial charge in [-0.15, -0.1) is 0 Å². The average molecular weight is 475 g/mol. The van der Waals surface area contributed by atoms with Crippen LogP contribution in [0.3, 0.4) is 0 Å². The van der Waals surface area contributed by atoms with Crippen molar-refractivity contribution in [1.29, 1.82) is 0 Å². The Morgan fingerprint density at radius 3 is 2.55 bits per heavy atom. The second-order valence-electron chi connectivity index (χ2n) is 7.26. The number of benzene rings is 1. The molecule has 1 aliphatic rings. The number of amides is 2. The number of carbonyl (C=O) groups excluding carboxylic acids is 3. The van der Waals surface area contributed by atoms with Crippen LogP contribution in [0.2, 0.25) is 10.0 Å². The molecule has 13 heteroatoms. The molecule has 0 unspecified atom stereocenters. The number of carboxylic acids is 1. The standard InChI is InChI=1S/C18H21BCl2N2O8/c1-8(2)5-12(19-30-15(18(29)31-19)14(25)17(27)28)23-13(24)7-22-16(26)10-6-9(20)3-4-11(10)21/h3-4,6,8,12,14-15,25H,5,7H2,1-2H3,(H,22,26)(H,23,24)(H,27,28)/t12-,14+,15+/m0/s1. The molecular formula is C18H21BCl2N2O8. The van der Waals surface area contributed by atoms with Crippen molar-refractivity contribution >= 4 is 54.1 Å². The van der Waals surface area contributed by atoms with Gasteiger partial charge in [-0.3, -0.25) is 14.4 Å². The molecule has 0 aromatic heterocycles. The maximum Gasteiger partial charge on any atom is 0.552 e. The van der Waals surface area contributed by atoms with E-state index in [2.05, 4.69) is 10.6 Å². The van der Waals surface area contributed by atoms with E-state index in [9.17, 15) is 24.3 Å². The van der Waals surface area contributed by atoms with Crippen molar-refractivity contribution in [2.45, 2.75) is 38.4 Å². The summed E-state index contributed by atoms with van der Waals surface area (Å²) in [5, 5.41) is 23.9. The first-order chi connectivity index (χ1) is 14.5.